The van der Waals surface area contributed by atoms with E-state index in [0.717, 1.165) is 22.1 Å². The zero-order valence-corrected chi connectivity index (χ0v) is 15.1. The number of nitrogens with zero attached hydrogens (tertiary/aromatic N) is 1. The van der Waals surface area contributed by atoms with E-state index < -0.39 is 6.04 Å². The van der Waals surface area contributed by atoms with Gasteiger partial charge in [0.1, 0.15) is 6.04 Å². The zero-order chi connectivity index (χ0) is 16.4. The Kier molecular flexibility index (Phi) is 4.82. The molecule has 0 bridgehead atoms. The largest absolute Gasteiger partial charge is 0.326 e. The highest BCUT2D eigenvalue weighted by Crippen LogP contribution is 2.25. The quantitative estimate of drug-likeness (QED) is 0.855. The van der Waals surface area contributed by atoms with Crippen molar-refractivity contribution in [2.24, 2.45) is 0 Å². The fraction of sp³-hybridized carbons (Fsp3) is 0.294. The van der Waals surface area contributed by atoms with Gasteiger partial charge < -0.3 is 10.2 Å². The minimum Gasteiger partial charge on any atom is -0.326 e. The van der Waals surface area contributed by atoms with Crippen molar-refractivity contribution in [3.63, 3.8) is 0 Å². The third-order valence-corrected chi connectivity index (χ3v) is 5.72. The fourth-order valence-electron chi connectivity index (χ4n) is 2.77. The highest BCUT2D eigenvalue weighted by molar-refractivity contribution is 9.10. The van der Waals surface area contributed by atoms with Crippen molar-refractivity contribution in [1.82, 2.24) is 4.90 Å². The number of halogens is 1. The molecule has 0 spiro atoms. The smallest absolute Gasteiger partial charge is 0.264 e. The molecule has 1 aromatic heterocycles. The Morgan fingerprint density at radius 1 is 1.35 bits per heavy atom. The van der Waals surface area contributed by atoms with Gasteiger partial charge in [-0.3, -0.25) is 9.59 Å². The van der Waals surface area contributed by atoms with Crippen LogP contribution in [0, 0.1) is 6.92 Å². The predicted octanol–water partition coefficient (Wildman–Crippen LogP) is 4.06. The van der Waals surface area contributed by atoms with E-state index in [-0.39, 0.29) is 11.8 Å². The van der Waals surface area contributed by atoms with Crippen molar-refractivity contribution in [3.05, 3.63) is 50.6 Å². The highest BCUT2D eigenvalue weighted by atomic mass is 79.9. The molecule has 1 atom stereocenters. The van der Waals surface area contributed by atoms with Crippen molar-refractivity contribution in [2.75, 3.05) is 11.9 Å². The van der Waals surface area contributed by atoms with E-state index in [1.165, 1.54) is 11.3 Å². The number of carbonyl (C=O) groups is 2. The van der Waals surface area contributed by atoms with Crippen LogP contribution in [0.3, 0.4) is 0 Å². The van der Waals surface area contributed by atoms with Gasteiger partial charge in [-0.25, -0.2) is 0 Å². The van der Waals surface area contributed by atoms with Gasteiger partial charge in [0.05, 0.1) is 4.88 Å². The Balaban J connectivity index is 1.73. The van der Waals surface area contributed by atoms with Crippen LogP contribution in [0.5, 0.6) is 0 Å². The van der Waals surface area contributed by atoms with Crippen molar-refractivity contribution >= 4 is 44.8 Å². The van der Waals surface area contributed by atoms with Gasteiger partial charge in [0.15, 0.2) is 0 Å². The number of amides is 2. The van der Waals surface area contributed by atoms with Gasteiger partial charge >= 0.3 is 0 Å². The third kappa shape index (κ3) is 3.48. The maximum absolute atomic E-state index is 12.6. The second-order valence-corrected chi connectivity index (χ2v) is 7.39. The average Bonchev–Trinajstić information content (AvgIpc) is 3.21. The summed E-state index contributed by atoms with van der Waals surface area (Å²) < 4.78 is 1.01. The average molecular weight is 393 g/mol. The van der Waals surface area contributed by atoms with Gasteiger partial charge in [0, 0.05) is 16.7 Å². The van der Waals surface area contributed by atoms with Crippen LogP contribution in [0.25, 0.3) is 0 Å². The lowest BCUT2D eigenvalue weighted by molar-refractivity contribution is -0.119. The molecule has 1 saturated heterocycles. The molecule has 0 saturated carbocycles. The fourth-order valence-corrected chi connectivity index (χ4v) is 3.70. The molecule has 1 aliphatic rings. The van der Waals surface area contributed by atoms with E-state index in [1.807, 2.05) is 36.6 Å². The summed E-state index contributed by atoms with van der Waals surface area (Å²) in [7, 11) is 0. The lowest BCUT2D eigenvalue weighted by Crippen LogP contribution is -2.42. The van der Waals surface area contributed by atoms with Crippen LogP contribution < -0.4 is 5.32 Å². The maximum atomic E-state index is 12.6. The summed E-state index contributed by atoms with van der Waals surface area (Å²) >= 11 is 4.86. The molecule has 0 unspecified atom stereocenters. The summed E-state index contributed by atoms with van der Waals surface area (Å²) in [4.78, 5) is 27.5. The molecule has 6 heteroatoms. The van der Waals surface area contributed by atoms with Gasteiger partial charge in [0.2, 0.25) is 5.91 Å². The molecule has 2 aromatic rings. The lowest BCUT2D eigenvalue weighted by atomic mass is 10.1. The molecule has 4 nitrogen and oxygen atoms in total. The molecule has 1 N–H and O–H groups in total. The highest BCUT2D eigenvalue weighted by Gasteiger charge is 2.34. The van der Waals surface area contributed by atoms with Gasteiger partial charge in [0.25, 0.3) is 5.91 Å². The van der Waals surface area contributed by atoms with Crippen LogP contribution in [0.4, 0.5) is 5.69 Å². The van der Waals surface area contributed by atoms with E-state index in [1.54, 1.807) is 11.0 Å². The van der Waals surface area contributed by atoms with Crippen LogP contribution in [0.1, 0.15) is 28.1 Å². The monoisotopic (exact) mass is 392 g/mol. The number of aryl methyl sites for hydroxylation is 1. The minimum absolute atomic E-state index is 0.0513. The first-order chi connectivity index (χ1) is 11.1. The van der Waals surface area contributed by atoms with Gasteiger partial charge in [-0.1, -0.05) is 22.0 Å². The number of thiophene rings is 1. The molecule has 1 aromatic carbocycles. The number of likely N-dealkylation sites (tertiary alicyclic amines) is 1. The van der Waals surface area contributed by atoms with Crippen LogP contribution >= 0.6 is 27.3 Å². The number of nitrogens with one attached hydrogen (secondary N) is 1. The number of hydrogen-bond acceptors (Lipinski definition) is 3. The Bertz CT molecular complexity index is 730. The molecule has 2 amide bonds. The Morgan fingerprint density at radius 2 is 2.17 bits per heavy atom. The molecule has 1 aliphatic heterocycles. The van der Waals surface area contributed by atoms with E-state index >= 15 is 0 Å². The molecule has 0 aliphatic carbocycles. The lowest BCUT2D eigenvalue weighted by Gasteiger charge is -2.23. The first-order valence-electron chi connectivity index (χ1n) is 7.48. The Labute approximate surface area is 147 Å². The molecule has 23 heavy (non-hydrogen) atoms. The van der Waals surface area contributed by atoms with E-state index in [2.05, 4.69) is 21.2 Å². The van der Waals surface area contributed by atoms with Crippen molar-refractivity contribution in [2.45, 2.75) is 25.8 Å². The second-order valence-electron chi connectivity index (χ2n) is 5.59. The Morgan fingerprint density at radius 3 is 2.87 bits per heavy atom. The summed E-state index contributed by atoms with van der Waals surface area (Å²) in [6.07, 6.45) is 1.56. The first-order valence-corrected chi connectivity index (χ1v) is 9.15. The van der Waals surface area contributed by atoms with Crippen LogP contribution in [-0.2, 0) is 4.79 Å². The number of benzene rings is 1. The van der Waals surface area contributed by atoms with Crippen molar-refractivity contribution in [1.29, 1.82) is 0 Å². The standard InChI is InChI=1S/C17H17BrN2O2S/c1-11-10-12(6-7-13(11)18)19-16(21)14-4-2-8-20(14)17(22)15-5-3-9-23-15/h3,5-7,9-10,14H,2,4,8H2,1H3,(H,19,21)/t14-/m1/s1. The predicted molar refractivity (Wildman–Crippen MR) is 95.9 cm³/mol. The summed E-state index contributed by atoms with van der Waals surface area (Å²) in [5.41, 5.74) is 1.81. The summed E-state index contributed by atoms with van der Waals surface area (Å²) in [5.74, 6) is -0.168. The van der Waals surface area contributed by atoms with Crippen LogP contribution in [0.2, 0.25) is 0 Å². The van der Waals surface area contributed by atoms with Gasteiger partial charge in [-0.15, -0.1) is 11.3 Å². The minimum atomic E-state index is -0.395. The Hall–Kier alpha value is -1.66. The molecule has 1 fully saturated rings. The molecule has 120 valence electrons. The summed E-state index contributed by atoms with van der Waals surface area (Å²) in [6, 6.07) is 8.95. The number of rotatable bonds is 3. The van der Waals surface area contributed by atoms with Crippen molar-refractivity contribution < 1.29 is 9.59 Å². The third-order valence-electron chi connectivity index (χ3n) is 3.97. The molecular formula is C17H17BrN2O2S. The normalized spacial score (nSPS) is 17.3. The van der Waals surface area contributed by atoms with E-state index in [4.69, 9.17) is 0 Å². The van der Waals surface area contributed by atoms with Gasteiger partial charge in [-0.05, 0) is 55.0 Å². The SMILES string of the molecule is Cc1cc(NC(=O)[C@H]2CCCN2C(=O)c2cccs2)ccc1Br. The van der Waals surface area contributed by atoms with Crippen molar-refractivity contribution in [3.8, 4) is 0 Å². The first kappa shape index (κ1) is 16.2. The topological polar surface area (TPSA) is 49.4 Å². The number of carbonyl (C=O) groups excluding carboxylic acids is 2. The van der Waals surface area contributed by atoms with E-state index in [0.29, 0.717) is 17.8 Å². The summed E-state index contributed by atoms with van der Waals surface area (Å²) in [6.45, 7) is 2.61. The van der Waals surface area contributed by atoms with Crippen LogP contribution in [-0.4, -0.2) is 29.3 Å². The number of hydrogen-bond donors (Lipinski definition) is 1. The second kappa shape index (κ2) is 6.84. The molecule has 3 rings (SSSR count). The zero-order valence-electron chi connectivity index (χ0n) is 12.7. The van der Waals surface area contributed by atoms with E-state index in [9.17, 15) is 9.59 Å². The summed E-state index contributed by atoms with van der Waals surface area (Å²) in [5, 5.41) is 4.81. The molecular weight excluding hydrogens is 376 g/mol. The molecule has 2 heterocycles. The van der Waals surface area contributed by atoms with Crippen LogP contribution in [0.15, 0.2) is 40.2 Å². The van der Waals surface area contributed by atoms with Gasteiger partial charge in [-0.2, -0.15) is 0 Å². The maximum Gasteiger partial charge on any atom is 0.264 e. The molecule has 0 radical (unpaired) electrons. The number of anilines is 1.